The number of carbonyl (C=O) groups excluding carboxylic acids is 1. The standard InChI is InChI=1S/C18H17F2N3O4S/c1-12-15(4-2-5-16(12)27-18(19)20)23-17(24)13-6-8-14(9-7-13)28(25,26)22-11-3-10-21/h2,4-9,18,22H,3,11H2,1H3,(H,23,24). The van der Waals surface area contributed by atoms with Gasteiger partial charge in [-0.05, 0) is 43.3 Å². The molecule has 0 aliphatic heterocycles. The second-order valence-electron chi connectivity index (χ2n) is 5.59. The third kappa shape index (κ3) is 5.48. The van der Waals surface area contributed by atoms with Gasteiger partial charge in [0.25, 0.3) is 5.91 Å². The number of nitrogens with zero attached hydrogens (tertiary/aromatic N) is 1. The summed E-state index contributed by atoms with van der Waals surface area (Å²) in [6.45, 7) is -1.48. The summed E-state index contributed by atoms with van der Waals surface area (Å²) in [6, 6.07) is 11.3. The highest BCUT2D eigenvalue weighted by molar-refractivity contribution is 7.89. The highest BCUT2D eigenvalue weighted by atomic mass is 32.2. The van der Waals surface area contributed by atoms with E-state index in [1.807, 2.05) is 6.07 Å². The van der Waals surface area contributed by atoms with Crippen molar-refractivity contribution >= 4 is 21.6 Å². The van der Waals surface area contributed by atoms with Crippen LogP contribution in [0.3, 0.4) is 0 Å². The van der Waals surface area contributed by atoms with Gasteiger partial charge >= 0.3 is 6.61 Å². The molecule has 0 bridgehead atoms. The minimum Gasteiger partial charge on any atom is -0.434 e. The Bertz CT molecular complexity index is 987. The van der Waals surface area contributed by atoms with E-state index >= 15 is 0 Å². The Labute approximate surface area is 161 Å². The fraction of sp³-hybridized carbons (Fsp3) is 0.222. The van der Waals surface area contributed by atoms with Crippen LogP contribution < -0.4 is 14.8 Å². The summed E-state index contributed by atoms with van der Waals surface area (Å²) in [7, 11) is -3.78. The van der Waals surface area contributed by atoms with E-state index in [0.29, 0.717) is 5.56 Å². The van der Waals surface area contributed by atoms with E-state index in [9.17, 15) is 22.0 Å². The van der Waals surface area contributed by atoms with E-state index in [-0.39, 0.29) is 34.9 Å². The van der Waals surface area contributed by atoms with Gasteiger partial charge in [0.15, 0.2) is 0 Å². The van der Waals surface area contributed by atoms with Gasteiger partial charge in [-0.3, -0.25) is 4.79 Å². The number of halogens is 2. The number of nitrogens with one attached hydrogen (secondary N) is 2. The summed E-state index contributed by atoms with van der Waals surface area (Å²) in [4.78, 5) is 12.3. The van der Waals surface area contributed by atoms with Crippen molar-refractivity contribution in [1.82, 2.24) is 4.72 Å². The Kier molecular flexibility index (Phi) is 7.03. The average Bonchev–Trinajstić information content (AvgIpc) is 2.65. The molecule has 0 atom stereocenters. The first-order chi connectivity index (χ1) is 13.2. The summed E-state index contributed by atoms with van der Waals surface area (Å²) < 4.78 is 55.6. The predicted octanol–water partition coefficient (Wildman–Crippen LogP) is 3.04. The summed E-state index contributed by atoms with van der Waals surface area (Å²) in [6.07, 6.45) is 0.0351. The molecule has 7 nitrogen and oxygen atoms in total. The molecule has 0 fully saturated rings. The number of hydrogen-bond donors (Lipinski definition) is 2. The number of anilines is 1. The maximum atomic E-state index is 12.4. The zero-order chi connectivity index (χ0) is 20.7. The second-order valence-corrected chi connectivity index (χ2v) is 7.36. The lowest BCUT2D eigenvalue weighted by Crippen LogP contribution is -2.24. The predicted molar refractivity (Wildman–Crippen MR) is 97.6 cm³/mol. The molecule has 0 saturated heterocycles. The van der Waals surface area contributed by atoms with E-state index in [0.717, 1.165) is 0 Å². The van der Waals surface area contributed by atoms with Gasteiger partial charge in [-0.25, -0.2) is 13.1 Å². The smallest absolute Gasteiger partial charge is 0.387 e. The normalized spacial score (nSPS) is 11.1. The number of rotatable bonds is 8. The summed E-state index contributed by atoms with van der Waals surface area (Å²) >= 11 is 0. The van der Waals surface area contributed by atoms with Gasteiger partial charge in [-0.1, -0.05) is 6.07 Å². The van der Waals surface area contributed by atoms with Crippen LogP contribution in [0, 0.1) is 18.3 Å². The average molecular weight is 409 g/mol. The van der Waals surface area contributed by atoms with Gasteiger partial charge in [0.2, 0.25) is 10.0 Å². The van der Waals surface area contributed by atoms with Crippen molar-refractivity contribution in [2.45, 2.75) is 24.9 Å². The van der Waals surface area contributed by atoms with Crippen molar-refractivity contribution < 1.29 is 26.7 Å². The van der Waals surface area contributed by atoms with Gasteiger partial charge < -0.3 is 10.1 Å². The number of amides is 1. The molecule has 0 saturated carbocycles. The van der Waals surface area contributed by atoms with Crippen molar-refractivity contribution in [3.05, 3.63) is 53.6 Å². The fourth-order valence-corrected chi connectivity index (χ4v) is 3.31. The fourth-order valence-electron chi connectivity index (χ4n) is 2.28. The molecule has 10 heteroatoms. The molecule has 0 spiro atoms. The van der Waals surface area contributed by atoms with Gasteiger partial charge in [-0.15, -0.1) is 0 Å². The Morgan fingerprint density at radius 3 is 2.50 bits per heavy atom. The van der Waals surface area contributed by atoms with Gasteiger partial charge in [0.1, 0.15) is 5.75 Å². The molecule has 148 valence electrons. The quantitative estimate of drug-likeness (QED) is 0.652. The molecule has 28 heavy (non-hydrogen) atoms. The van der Waals surface area contributed by atoms with Gasteiger partial charge in [-0.2, -0.15) is 14.0 Å². The van der Waals surface area contributed by atoms with Crippen LogP contribution in [0.1, 0.15) is 22.3 Å². The van der Waals surface area contributed by atoms with Crippen LogP contribution in [-0.2, 0) is 10.0 Å². The van der Waals surface area contributed by atoms with Crippen LogP contribution in [0.25, 0.3) is 0 Å². The molecular weight excluding hydrogens is 392 g/mol. The molecule has 0 heterocycles. The zero-order valence-electron chi connectivity index (χ0n) is 14.8. The lowest BCUT2D eigenvalue weighted by atomic mass is 10.1. The van der Waals surface area contributed by atoms with Crippen LogP contribution >= 0.6 is 0 Å². The Hall–Kier alpha value is -3.03. The number of hydrogen-bond acceptors (Lipinski definition) is 5. The minimum atomic E-state index is -3.78. The first kappa shape index (κ1) is 21.3. The maximum Gasteiger partial charge on any atom is 0.387 e. The van der Waals surface area contributed by atoms with E-state index in [4.69, 9.17) is 5.26 Å². The molecule has 0 aromatic heterocycles. The highest BCUT2D eigenvalue weighted by Crippen LogP contribution is 2.27. The molecule has 0 aliphatic rings. The number of nitriles is 1. The van der Waals surface area contributed by atoms with Gasteiger partial charge in [0, 0.05) is 29.8 Å². The SMILES string of the molecule is Cc1c(NC(=O)c2ccc(S(=O)(=O)NCCC#N)cc2)cccc1OC(F)F. The number of sulfonamides is 1. The largest absolute Gasteiger partial charge is 0.434 e. The van der Waals surface area contributed by atoms with Crippen LogP contribution in [-0.4, -0.2) is 27.5 Å². The second kappa shape index (κ2) is 9.25. The molecule has 2 rings (SSSR count). The molecule has 0 radical (unpaired) electrons. The van der Waals surface area contributed by atoms with E-state index < -0.39 is 22.5 Å². The number of carbonyl (C=O) groups is 1. The lowest BCUT2D eigenvalue weighted by Gasteiger charge is -2.13. The molecule has 2 N–H and O–H groups in total. The van der Waals surface area contributed by atoms with Gasteiger partial charge in [0.05, 0.1) is 11.0 Å². The van der Waals surface area contributed by atoms with E-state index in [1.54, 1.807) is 0 Å². The monoisotopic (exact) mass is 409 g/mol. The van der Waals surface area contributed by atoms with Crippen LogP contribution in [0.15, 0.2) is 47.4 Å². The first-order valence-electron chi connectivity index (χ1n) is 8.07. The van der Waals surface area contributed by atoms with E-state index in [2.05, 4.69) is 14.8 Å². The zero-order valence-corrected chi connectivity index (χ0v) is 15.6. The van der Waals surface area contributed by atoms with Crippen molar-refractivity contribution in [2.24, 2.45) is 0 Å². The summed E-state index contributed by atoms with van der Waals surface area (Å²) in [5.74, 6) is -0.601. The van der Waals surface area contributed by atoms with Crippen molar-refractivity contribution in [3.63, 3.8) is 0 Å². The maximum absolute atomic E-state index is 12.4. The first-order valence-corrected chi connectivity index (χ1v) is 9.55. The Morgan fingerprint density at radius 2 is 1.89 bits per heavy atom. The number of ether oxygens (including phenoxy) is 1. The molecule has 0 aliphatic carbocycles. The number of alkyl halides is 2. The van der Waals surface area contributed by atoms with Crippen LogP contribution in [0.2, 0.25) is 0 Å². The molecule has 2 aromatic carbocycles. The highest BCUT2D eigenvalue weighted by Gasteiger charge is 2.16. The Balaban J connectivity index is 2.13. The molecular formula is C18H17F2N3O4S. The minimum absolute atomic E-state index is 0.0165. The van der Waals surface area contributed by atoms with Crippen LogP contribution in [0.4, 0.5) is 14.5 Å². The molecule has 2 aromatic rings. The van der Waals surface area contributed by atoms with Crippen LogP contribution in [0.5, 0.6) is 5.75 Å². The molecule has 0 unspecified atom stereocenters. The third-order valence-electron chi connectivity index (χ3n) is 3.70. The topological polar surface area (TPSA) is 108 Å². The summed E-state index contributed by atoms with van der Waals surface area (Å²) in [5.41, 5.74) is 0.797. The van der Waals surface area contributed by atoms with Crippen molar-refractivity contribution in [1.29, 1.82) is 5.26 Å². The van der Waals surface area contributed by atoms with Crippen molar-refractivity contribution in [3.8, 4) is 11.8 Å². The van der Waals surface area contributed by atoms with Crippen molar-refractivity contribution in [2.75, 3.05) is 11.9 Å². The number of benzene rings is 2. The Morgan fingerprint density at radius 1 is 1.21 bits per heavy atom. The molecule has 1 amide bonds. The third-order valence-corrected chi connectivity index (χ3v) is 5.18. The van der Waals surface area contributed by atoms with E-state index in [1.165, 1.54) is 49.4 Å². The lowest BCUT2D eigenvalue weighted by molar-refractivity contribution is -0.0502. The summed E-state index contributed by atoms with van der Waals surface area (Å²) in [5, 5.41) is 11.0.